The Kier molecular flexibility index (Phi) is 6.04. The molecule has 1 amide bonds. The zero-order valence-electron chi connectivity index (χ0n) is 11.7. The van der Waals surface area contributed by atoms with Crippen LogP contribution in [0.2, 0.25) is 10.0 Å². The van der Waals surface area contributed by atoms with Crippen molar-refractivity contribution >= 4 is 34.8 Å². The van der Waals surface area contributed by atoms with Gasteiger partial charge in [-0.15, -0.1) is 0 Å². The normalized spacial score (nSPS) is 10.3. The molecule has 6 heteroatoms. The number of rotatable bonds is 6. The van der Waals surface area contributed by atoms with Crippen molar-refractivity contribution < 1.29 is 9.18 Å². The maximum absolute atomic E-state index is 12.7. The second-order valence-corrected chi connectivity index (χ2v) is 5.54. The summed E-state index contributed by atoms with van der Waals surface area (Å²) in [5.41, 5.74) is 1.62. The summed E-state index contributed by atoms with van der Waals surface area (Å²) in [7, 11) is 0. The molecule has 0 aliphatic heterocycles. The summed E-state index contributed by atoms with van der Waals surface area (Å²) in [4.78, 5) is 11.7. The molecule has 2 aromatic carbocycles. The van der Waals surface area contributed by atoms with Crippen LogP contribution in [0, 0.1) is 5.82 Å². The Hall–Kier alpha value is -1.78. The molecule has 0 spiro atoms. The molecular weight excluding hydrogens is 326 g/mol. The first kappa shape index (κ1) is 16.6. The van der Waals surface area contributed by atoms with Crippen LogP contribution >= 0.6 is 23.2 Å². The van der Waals surface area contributed by atoms with Crippen LogP contribution in [0.4, 0.5) is 10.1 Å². The number of carbonyl (C=O) groups excluding carboxylic acids is 1. The molecule has 2 rings (SSSR count). The second kappa shape index (κ2) is 8.01. The maximum atomic E-state index is 12.7. The van der Waals surface area contributed by atoms with Crippen LogP contribution in [0.1, 0.15) is 5.56 Å². The first-order valence-corrected chi connectivity index (χ1v) is 7.50. The van der Waals surface area contributed by atoms with E-state index < -0.39 is 0 Å². The van der Waals surface area contributed by atoms with Crippen molar-refractivity contribution in [3.8, 4) is 0 Å². The summed E-state index contributed by atoms with van der Waals surface area (Å²) in [6.45, 7) is 0.602. The van der Waals surface area contributed by atoms with Crippen molar-refractivity contribution in [1.29, 1.82) is 0 Å². The van der Waals surface area contributed by atoms with Crippen molar-refractivity contribution in [3.63, 3.8) is 0 Å². The number of benzene rings is 2. The van der Waals surface area contributed by atoms with Crippen LogP contribution in [0.3, 0.4) is 0 Å². The molecule has 0 saturated carbocycles. The minimum Gasteiger partial charge on any atom is -0.376 e. The molecule has 0 saturated heterocycles. The van der Waals surface area contributed by atoms with Gasteiger partial charge >= 0.3 is 0 Å². The minimum atomic E-state index is -0.310. The van der Waals surface area contributed by atoms with Gasteiger partial charge in [0.1, 0.15) is 5.82 Å². The number of hydrogen-bond donors (Lipinski definition) is 2. The summed E-state index contributed by atoms with van der Waals surface area (Å²) in [5.74, 6) is -0.454. The van der Waals surface area contributed by atoms with Gasteiger partial charge in [-0.1, -0.05) is 29.3 Å². The second-order valence-electron chi connectivity index (χ2n) is 4.70. The summed E-state index contributed by atoms with van der Waals surface area (Å²) in [5, 5.41) is 6.88. The van der Waals surface area contributed by atoms with E-state index in [1.807, 2.05) is 6.07 Å². The molecule has 2 aromatic rings. The molecule has 0 radical (unpaired) electrons. The van der Waals surface area contributed by atoms with Crippen LogP contribution < -0.4 is 10.6 Å². The zero-order chi connectivity index (χ0) is 15.9. The SMILES string of the molecule is O=C(CNc1ccc(F)cc1)NCCc1ccc(Cl)cc1Cl. The highest BCUT2D eigenvalue weighted by molar-refractivity contribution is 6.35. The Morgan fingerprint density at radius 3 is 2.50 bits per heavy atom. The van der Waals surface area contributed by atoms with Gasteiger partial charge in [0, 0.05) is 22.3 Å². The first-order chi connectivity index (χ1) is 10.5. The molecule has 0 heterocycles. The molecule has 0 fully saturated rings. The molecule has 116 valence electrons. The van der Waals surface area contributed by atoms with Crippen LogP contribution in [-0.4, -0.2) is 19.0 Å². The van der Waals surface area contributed by atoms with Crippen molar-refractivity contribution in [2.24, 2.45) is 0 Å². The van der Waals surface area contributed by atoms with E-state index in [0.717, 1.165) is 5.56 Å². The summed E-state index contributed by atoms with van der Waals surface area (Å²) in [6.07, 6.45) is 0.623. The van der Waals surface area contributed by atoms with E-state index in [4.69, 9.17) is 23.2 Å². The number of carbonyl (C=O) groups is 1. The third-order valence-electron chi connectivity index (χ3n) is 3.03. The third-order valence-corrected chi connectivity index (χ3v) is 3.62. The molecule has 3 nitrogen and oxygen atoms in total. The van der Waals surface area contributed by atoms with Crippen molar-refractivity contribution in [3.05, 3.63) is 63.9 Å². The Balaban J connectivity index is 1.72. The highest BCUT2D eigenvalue weighted by atomic mass is 35.5. The van der Waals surface area contributed by atoms with E-state index in [2.05, 4.69) is 10.6 Å². The third kappa shape index (κ3) is 5.20. The fraction of sp³-hybridized carbons (Fsp3) is 0.188. The van der Waals surface area contributed by atoms with Gasteiger partial charge in [0.2, 0.25) is 5.91 Å². The quantitative estimate of drug-likeness (QED) is 0.837. The van der Waals surface area contributed by atoms with E-state index >= 15 is 0 Å². The van der Waals surface area contributed by atoms with E-state index in [9.17, 15) is 9.18 Å². The summed E-state index contributed by atoms with van der Waals surface area (Å²) >= 11 is 11.9. The molecule has 0 aromatic heterocycles. The lowest BCUT2D eigenvalue weighted by atomic mass is 10.1. The van der Waals surface area contributed by atoms with E-state index in [-0.39, 0.29) is 18.3 Å². The molecule has 22 heavy (non-hydrogen) atoms. The van der Waals surface area contributed by atoms with Crippen LogP contribution in [0.25, 0.3) is 0 Å². The minimum absolute atomic E-state index is 0.125. The molecular formula is C16H15Cl2FN2O. The van der Waals surface area contributed by atoms with Gasteiger partial charge in [0.25, 0.3) is 0 Å². The average molecular weight is 341 g/mol. The number of anilines is 1. The zero-order valence-corrected chi connectivity index (χ0v) is 13.2. The largest absolute Gasteiger partial charge is 0.376 e. The van der Waals surface area contributed by atoms with Crippen LogP contribution in [-0.2, 0) is 11.2 Å². The first-order valence-electron chi connectivity index (χ1n) is 6.74. The van der Waals surface area contributed by atoms with Crippen molar-refractivity contribution in [2.45, 2.75) is 6.42 Å². The lowest BCUT2D eigenvalue weighted by Crippen LogP contribution is -2.31. The van der Waals surface area contributed by atoms with Crippen LogP contribution in [0.15, 0.2) is 42.5 Å². The topological polar surface area (TPSA) is 41.1 Å². The Morgan fingerprint density at radius 2 is 1.82 bits per heavy atom. The van der Waals surface area contributed by atoms with Crippen molar-refractivity contribution in [2.75, 3.05) is 18.4 Å². The fourth-order valence-electron chi connectivity index (χ4n) is 1.87. The Bertz CT molecular complexity index is 647. The number of hydrogen-bond acceptors (Lipinski definition) is 2. The molecule has 2 N–H and O–H groups in total. The summed E-state index contributed by atoms with van der Waals surface area (Å²) in [6, 6.07) is 11.1. The van der Waals surface area contributed by atoms with Gasteiger partial charge in [0.05, 0.1) is 6.54 Å². The van der Waals surface area contributed by atoms with Gasteiger partial charge < -0.3 is 10.6 Å². The monoisotopic (exact) mass is 340 g/mol. The molecule has 0 atom stereocenters. The maximum Gasteiger partial charge on any atom is 0.239 e. The molecule has 0 bridgehead atoms. The predicted molar refractivity (Wildman–Crippen MR) is 88.1 cm³/mol. The van der Waals surface area contributed by atoms with E-state index in [0.29, 0.717) is 28.7 Å². The molecule has 0 aliphatic rings. The lowest BCUT2D eigenvalue weighted by Gasteiger charge is -2.09. The Labute approximate surface area is 138 Å². The Morgan fingerprint density at radius 1 is 1.09 bits per heavy atom. The highest BCUT2D eigenvalue weighted by Crippen LogP contribution is 2.21. The predicted octanol–water partition coefficient (Wildman–Crippen LogP) is 3.90. The van der Waals surface area contributed by atoms with Crippen molar-refractivity contribution in [1.82, 2.24) is 5.32 Å². The number of amides is 1. The van der Waals surface area contributed by atoms with Gasteiger partial charge in [-0.2, -0.15) is 0 Å². The fourth-order valence-corrected chi connectivity index (χ4v) is 2.38. The lowest BCUT2D eigenvalue weighted by molar-refractivity contribution is -0.119. The number of nitrogens with one attached hydrogen (secondary N) is 2. The summed E-state index contributed by atoms with van der Waals surface area (Å²) < 4.78 is 12.7. The average Bonchev–Trinajstić information content (AvgIpc) is 2.49. The van der Waals surface area contributed by atoms with Crippen LogP contribution in [0.5, 0.6) is 0 Å². The number of halogens is 3. The van der Waals surface area contributed by atoms with Gasteiger partial charge in [-0.3, -0.25) is 4.79 Å². The van der Waals surface area contributed by atoms with E-state index in [1.165, 1.54) is 12.1 Å². The standard InChI is InChI=1S/C16H15Cl2FN2O/c17-12-2-1-11(15(18)9-12)7-8-20-16(22)10-21-14-5-3-13(19)4-6-14/h1-6,9,21H,7-8,10H2,(H,20,22). The van der Waals surface area contributed by atoms with Gasteiger partial charge in [-0.05, 0) is 48.4 Å². The molecule has 0 unspecified atom stereocenters. The van der Waals surface area contributed by atoms with Gasteiger partial charge in [-0.25, -0.2) is 4.39 Å². The highest BCUT2D eigenvalue weighted by Gasteiger charge is 2.04. The van der Waals surface area contributed by atoms with Gasteiger partial charge in [0.15, 0.2) is 0 Å². The smallest absolute Gasteiger partial charge is 0.239 e. The van der Waals surface area contributed by atoms with E-state index in [1.54, 1.807) is 24.3 Å². The molecule has 0 aliphatic carbocycles.